The number of hydrogen-bond acceptors (Lipinski definition) is 4. The van der Waals surface area contributed by atoms with Crippen molar-refractivity contribution in [3.63, 3.8) is 0 Å². The van der Waals surface area contributed by atoms with Gasteiger partial charge in [0.2, 0.25) is 5.89 Å². The second kappa shape index (κ2) is 5.92. The topological polar surface area (TPSA) is 38.9 Å². The van der Waals surface area contributed by atoms with Gasteiger partial charge in [-0.15, -0.1) is 10.2 Å². The molecule has 0 aliphatic rings. The van der Waals surface area contributed by atoms with Gasteiger partial charge in [0.25, 0.3) is 5.22 Å². The molecule has 1 aromatic heterocycles. The minimum Gasteiger partial charge on any atom is -0.411 e. The zero-order valence-electron chi connectivity index (χ0n) is 11.1. The molecule has 0 aliphatic heterocycles. The van der Waals surface area contributed by atoms with Crippen LogP contribution in [0.3, 0.4) is 0 Å². The minimum absolute atomic E-state index is 0.278. The van der Waals surface area contributed by atoms with Crippen molar-refractivity contribution in [3.05, 3.63) is 66.2 Å². The summed E-state index contributed by atoms with van der Waals surface area (Å²) in [6, 6.07) is 20.1. The molecule has 0 bridgehead atoms. The molecule has 1 unspecified atom stereocenters. The summed E-state index contributed by atoms with van der Waals surface area (Å²) >= 11 is 1.57. The molecule has 0 radical (unpaired) electrons. The third kappa shape index (κ3) is 2.91. The highest BCUT2D eigenvalue weighted by Gasteiger charge is 2.13. The fraction of sp³-hybridized carbons (Fsp3) is 0.125. The first-order valence-electron chi connectivity index (χ1n) is 6.43. The van der Waals surface area contributed by atoms with Crippen LogP contribution in [0.2, 0.25) is 0 Å². The Morgan fingerprint density at radius 3 is 2.25 bits per heavy atom. The molecule has 0 N–H and O–H groups in total. The molecule has 3 rings (SSSR count). The van der Waals surface area contributed by atoms with Gasteiger partial charge in [0, 0.05) is 10.8 Å². The molecule has 0 spiro atoms. The molecular formula is C16H14N2OS. The summed E-state index contributed by atoms with van der Waals surface area (Å²) in [5.41, 5.74) is 2.19. The Balaban J connectivity index is 1.75. The summed E-state index contributed by atoms with van der Waals surface area (Å²) in [6.07, 6.45) is 0. The van der Waals surface area contributed by atoms with Crippen molar-refractivity contribution < 1.29 is 4.42 Å². The highest BCUT2D eigenvalue weighted by molar-refractivity contribution is 7.99. The van der Waals surface area contributed by atoms with Crippen molar-refractivity contribution in [1.82, 2.24) is 10.2 Å². The third-order valence-corrected chi connectivity index (χ3v) is 3.97. The van der Waals surface area contributed by atoms with E-state index in [4.69, 9.17) is 4.42 Å². The van der Waals surface area contributed by atoms with E-state index in [1.807, 2.05) is 48.5 Å². The number of nitrogens with zero attached hydrogens (tertiary/aromatic N) is 2. The van der Waals surface area contributed by atoms with E-state index < -0.39 is 0 Å². The molecule has 0 fully saturated rings. The van der Waals surface area contributed by atoms with Crippen molar-refractivity contribution >= 4 is 11.8 Å². The van der Waals surface area contributed by atoms with E-state index in [0.29, 0.717) is 11.1 Å². The SMILES string of the molecule is CC(Sc1nnc(-c2ccccc2)o1)c1ccccc1. The Labute approximate surface area is 122 Å². The summed E-state index contributed by atoms with van der Waals surface area (Å²) < 4.78 is 5.70. The van der Waals surface area contributed by atoms with Crippen LogP contribution in [0.4, 0.5) is 0 Å². The number of aromatic nitrogens is 2. The molecule has 1 atom stereocenters. The van der Waals surface area contributed by atoms with Gasteiger partial charge in [0.15, 0.2) is 0 Å². The molecule has 4 heteroatoms. The zero-order chi connectivity index (χ0) is 13.8. The summed E-state index contributed by atoms with van der Waals surface area (Å²) in [5, 5.41) is 9.08. The molecule has 3 nitrogen and oxygen atoms in total. The smallest absolute Gasteiger partial charge is 0.277 e. The molecule has 0 amide bonds. The zero-order valence-corrected chi connectivity index (χ0v) is 11.9. The summed E-state index contributed by atoms with van der Waals surface area (Å²) in [7, 11) is 0. The Kier molecular flexibility index (Phi) is 3.83. The van der Waals surface area contributed by atoms with Gasteiger partial charge in [-0.3, -0.25) is 0 Å². The van der Waals surface area contributed by atoms with Crippen LogP contribution in [-0.4, -0.2) is 10.2 Å². The second-order valence-corrected chi connectivity index (χ2v) is 5.70. The normalized spacial score (nSPS) is 12.2. The van der Waals surface area contributed by atoms with Gasteiger partial charge in [0.1, 0.15) is 0 Å². The first kappa shape index (κ1) is 12.9. The number of hydrogen-bond donors (Lipinski definition) is 0. The highest BCUT2D eigenvalue weighted by Crippen LogP contribution is 2.34. The van der Waals surface area contributed by atoms with E-state index in [9.17, 15) is 0 Å². The average Bonchev–Trinajstić information content (AvgIpc) is 2.97. The highest BCUT2D eigenvalue weighted by atomic mass is 32.2. The lowest BCUT2D eigenvalue weighted by Gasteiger charge is -2.07. The van der Waals surface area contributed by atoms with Crippen LogP contribution < -0.4 is 0 Å². The van der Waals surface area contributed by atoms with Crippen LogP contribution in [0.1, 0.15) is 17.7 Å². The van der Waals surface area contributed by atoms with Gasteiger partial charge in [-0.05, 0) is 24.6 Å². The second-order valence-electron chi connectivity index (χ2n) is 4.41. The molecule has 0 aliphatic carbocycles. The van der Waals surface area contributed by atoms with Crippen LogP contribution in [0.15, 0.2) is 70.3 Å². The molecule has 2 aromatic carbocycles. The van der Waals surface area contributed by atoms with Gasteiger partial charge in [-0.1, -0.05) is 60.3 Å². The van der Waals surface area contributed by atoms with Crippen molar-refractivity contribution in [2.75, 3.05) is 0 Å². The lowest BCUT2D eigenvalue weighted by atomic mass is 10.2. The van der Waals surface area contributed by atoms with E-state index >= 15 is 0 Å². The van der Waals surface area contributed by atoms with Crippen LogP contribution >= 0.6 is 11.8 Å². The minimum atomic E-state index is 0.278. The Hall–Kier alpha value is -2.07. The van der Waals surface area contributed by atoms with E-state index in [0.717, 1.165) is 5.56 Å². The maximum atomic E-state index is 5.70. The lowest BCUT2D eigenvalue weighted by Crippen LogP contribution is -1.87. The van der Waals surface area contributed by atoms with E-state index in [-0.39, 0.29) is 5.25 Å². The van der Waals surface area contributed by atoms with Gasteiger partial charge in [-0.25, -0.2) is 0 Å². The van der Waals surface area contributed by atoms with Crippen molar-refractivity contribution in [3.8, 4) is 11.5 Å². The van der Waals surface area contributed by atoms with Crippen LogP contribution in [-0.2, 0) is 0 Å². The van der Waals surface area contributed by atoms with Crippen molar-refractivity contribution in [1.29, 1.82) is 0 Å². The van der Waals surface area contributed by atoms with Gasteiger partial charge in [-0.2, -0.15) is 0 Å². The third-order valence-electron chi connectivity index (χ3n) is 2.97. The van der Waals surface area contributed by atoms with Crippen molar-refractivity contribution in [2.24, 2.45) is 0 Å². The van der Waals surface area contributed by atoms with E-state index in [1.165, 1.54) is 5.56 Å². The predicted molar refractivity (Wildman–Crippen MR) is 80.4 cm³/mol. The molecule has 100 valence electrons. The van der Waals surface area contributed by atoms with Crippen LogP contribution in [0, 0.1) is 0 Å². The molecule has 1 heterocycles. The molecule has 3 aromatic rings. The van der Waals surface area contributed by atoms with Crippen LogP contribution in [0.25, 0.3) is 11.5 Å². The number of thioether (sulfide) groups is 1. The summed E-state index contributed by atoms with van der Waals surface area (Å²) in [4.78, 5) is 0. The van der Waals surface area contributed by atoms with Crippen LogP contribution in [0.5, 0.6) is 0 Å². The van der Waals surface area contributed by atoms with Gasteiger partial charge < -0.3 is 4.42 Å². The molecule has 0 saturated carbocycles. The number of rotatable bonds is 4. The van der Waals surface area contributed by atoms with Gasteiger partial charge >= 0.3 is 0 Å². The largest absolute Gasteiger partial charge is 0.411 e. The maximum Gasteiger partial charge on any atom is 0.277 e. The summed E-state index contributed by atoms with van der Waals surface area (Å²) in [6.45, 7) is 2.13. The molecule has 20 heavy (non-hydrogen) atoms. The van der Waals surface area contributed by atoms with Crippen molar-refractivity contribution in [2.45, 2.75) is 17.4 Å². The van der Waals surface area contributed by atoms with Gasteiger partial charge in [0.05, 0.1) is 0 Å². The first-order valence-corrected chi connectivity index (χ1v) is 7.31. The molecular weight excluding hydrogens is 268 g/mol. The van der Waals surface area contributed by atoms with E-state index in [2.05, 4.69) is 29.3 Å². The first-order chi connectivity index (χ1) is 9.83. The van der Waals surface area contributed by atoms with E-state index in [1.54, 1.807) is 11.8 Å². The Morgan fingerprint density at radius 1 is 0.900 bits per heavy atom. The predicted octanol–water partition coefficient (Wildman–Crippen LogP) is 4.59. The maximum absolute atomic E-state index is 5.70. The fourth-order valence-corrected chi connectivity index (χ4v) is 2.71. The summed E-state index contributed by atoms with van der Waals surface area (Å²) in [5.74, 6) is 0.563. The Bertz CT molecular complexity index is 667. The Morgan fingerprint density at radius 2 is 1.55 bits per heavy atom. The molecule has 0 saturated heterocycles. The average molecular weight is 282 g/mol. The number of benzene rings is 2. The fourth-order valence-electron chi connectivity index (χ4n) is 1.90. The quantitative estimate of drug-likeness (QED) is 0.656. The standard InChI is InChI=1S/C16H14N2OS/c1-12(13-8-4-2-5-9-13)20-16-18-17-15(19-16)14-10-6-3-7-11-14/h2-12H,1H3. The lowest BCUT2D eigenvalue weighted by molar-refractivity contribution is 0.465. The monoisotopic (exact) mass is 282 g/mol.